The zero-order valence-corrected chi connectivity index (χ0v) is 12.2. The van der Waals surface area contributed by atoms with E-state index in [1.165, 1.54) is 0 Å². The molecule has 2 unspecified atom stereocenters. The van der Waals surface area contributed by atoms with E-state index in [-0.39, 0.29) is 18.6 Å². The molecule has 4 heteroatoms. The molecule has 1 aliphatic carbocycles. The third kappa shape index (κ3) is 5.69. The largest absolute Gasteiger partial charge is 0.391 e. The third-order valence-electron chi connectivity index (χ3n) is 3.63. The van der Waals surface area contributed by atoms with Gasteiger partial charge >= 0.3 is 0 Å². The van der Waals surface area contributed by atoms with Crippen molar-refractivity contribution in [3.05, 3.63) is 42.0 Å². The first-order valence-corrected chi connectivity index (χ1v) is 7.52. The molecule has 4 nitrogen and oxygen atoms in total. The number of nitrogens with one attached hydrogen (secondary N) is 1. The number of hydrogen-bond acceptors (Lipinski definition) is 3. The minimum atomic E-state index is -0.416. The summed E-state index contributed by atoms with van der Waals surface area (Å²) in [6.45, 7) is 0.428. The maximum atomic E-state index is 11.7. The molecule has 0 saturated heterocycles. The van der Waals surface area contributed by atoms with Crippen LogP contribution in [0.1, 0.15) is 31.2 Å². The Labute approximate surface area is 125 Å². The molecule has 114 valence electrons. The van der Waals surface area contributed by atoms with Crippen LogP contribution in [0.5, 0.6) is 0 Å². The molecule has 1 aromatic carbocycles. The van der Waals surface area contributed by atoms with Gasteiger partial charge < -0.3 is 15.2 Å². The molecule has 0 aliphatic heterocycles. The lowest BCUT2D eigenvalue weighted by atomic mass is 9.92. The monoisotopic (exact) mass is 289 g/mol. The number of aliphatic hydroxyl groups is 1. The molecule has 0 aromatic heterocycles. The van der Waals surface area contributed by atoms with E-state index in [0.717, 1.165) is 31.2 Å². The Morgan fingerprint density at radius 3 is 2.81 bits per heavy atom. The van der Waals surface area contributed by atoms with Gasteiger partial charge in [0.2, 0.25) is 5.91 Å². The highest BCUT2D eigenvalue weighted by molar-refractivity contribution is 5.77. The summed E-state index contributed by atoms with van der Waals surface area (Å²) in [7, 11) is 0. The topological polar surface area (TPSA) is 58.6 Å². The highest BCUT2D eigenvalue weighted by Gasteiger charge is 2.24. The summed E-state index contributed by atoms with van der Waals surface area (Å²) < 4.78 is 5.31. The van der Waals surface area contributed by atoms with E-state index < -0.39 is 6.10 Å². The molecule has 1 saturated carbocycles. The van der Waals surface area contributed by atoms with Crippen molar-refractivity contribution in [1.29, 1.82) is 0 Å². The van der Waals surface area contributed by atoms with Gasteiger partial charge in [-0.2, -0.15) is 0 Å². The van der Waals surface area contributed by atoms with Crippen LogP contribution in [-0.4, -0.2) is 36.4 Å². The van der Waals surface area contributed by atoms with E-state index >= 15 is 0 Å². The van der Waals surface area contributed by atoms with Gasteiger partial charge in [0.1, 0.15) is 6.61 Å². The number of aliphatic hydroxyl groups excluding tert-OH is 1. The van der Waals surface area contributed by atoms with Crippen molar-refractivity contribution < 1.29 is 14.6 Å². The van der Waals surface area contributed by atoms with Crippen LogP contribution in [0.15, 0.2) is 36.4 Å². The molecule has 2 rings (SSSR count). The van der Waals surface area contributed by atoms with Gasteiger partial charge in [-0.1, -0.05) is 55.3 Å². The third-order valence-corrected chi connectivity index (χ3v) is 3.63. The Morgan fingerprint density at radius 1 is 1.29 bits per heavy atom. The average Bonchev–Trinajstić information content (AvgIpc) is 2.50. The van der Waals surface area contributed by atoms with Crippen LogP contribution >= 0.6 is 0 Å². The van der Waals surface area contributed by atoms with Gasteiger partial charge in [0, 0.05) is 0 Å². The van der Waals surface area contributed by atoms with Gasteiger partial charge in [-0.15, -0.1) is 0 Å². The molecule has 21 heavy (non-hydrogen) atoms. The Balaban J connectivity index is 1.62. The summed E-state index contributed by atoms with van der Waals surface area (Å²) in [6, 6.07) is 9.82. The van der Waals surface area contributed by atoms with Crippen molar-refractivity contribution in [1.82, 2.24) is 5.32 Å². The average molecular weight is 289 g/mol. The van der Waals surface area contributed by atoms with Crippen LogP contribution < -0.4 is 5.32 Å². The lowest BCUT2D eigenvalue weighted by molar-refractivity contribution is -0.127. The van der Waals surface area contributed by atoms with Gasteiger partial charge in [-0.25, -0.2) is 0 Å². The van der Waals surface area contributed by atoms with Crippen molar-refractivity contribution in [3.63, 3.8) is 0 Å². The quantitative estimate of drug-likeness (QED) is 0.789. The van der Waals surface area contributed by atoms with Crippen molar-refractivity contribution in [2.45, 2.75) is 37.8 Å². The molecule has 1 aromatic rings. The molecule has 0 radical (unpaired) electrons. The Bertz CT molecular complexity index is 458. The summed E-state index contributed by atoms with van der Waals surface area (Å²) >= 11 is 0. The number of rotatable bonds is 6. The summed E-state index contributed by atoms with van der Waals surface area (Å²) in [5.74, 6) is -0.158. The van der Waals surface area contributed by atoms with Crippen LogP contribution in [0.25, 0.3) is 6.08 Å². The second kappa shape index (κ2) is 8.60. The van der Waals surface area contributed by atoms with E-state index in [1.54, 1.807) is 0 Å². The van der Waals surface area contributed by atoms with Crippen LogP contribution in [-0.2, 0) is 9.53 Å². The number of carbonyl (C=O) groups excluding carboxylic acids is 1. The fourth-order valence-corrected chi connectivity index (χ4v) is 2.50. The Hall–Kier alpha value is -1.65. The van der Waals surface area contributed by atoms with Crippen LogP contribution in [0.2, 0.25) is 0 Å². The summed E-state index contributed by atoms with van der Waals surface area (Å²) in [4.78, 5) is 11.7. The van der Waals surface area contributed by atoms with Gasteiger partial charge in [-0.05, 0) is 18.4 Å². The first kappa shape index (κ1) is 15.7. The molecule has 2 N–H and O–H groups in total. The van der Waals surface area contributed by atoms with Crippen LogP contribution in [0.4, 0.5) is 0 Å². The second-order valence-electron chi connectivity index (χ2n) is 5.35. The molecular formula is C17H23NO3. The predicted molar refractivity (Wildman–Crippen MR) is 82.7 cm³/mol. The first-order chi connectivity index (χ1) is 10.3. The maximum absolute atomic E-state index is 11.7. The van der Waals surface area contributed by atoms with E-state index in [1.807, 2.05) is 42.5 Å². The van der Waals surface area contributed by atoms with Gasteiger partial charge in [-0.3, -0.25) is 4.79 Å². The molecule has 1 amide bonds. The fourth-order valence-electron chi connectivity index (χ4n) is 2.50. The van der Waals surface area contributed by atoms with Gasteiger partial charge in [0.05, 0.1) is 18.8 Å². The lowest BCUT2D eigenvalue weighted by Gasteiger charge is -2.28. The molecular weight excluding hydrogens is 266 g/mol. The standard InChI is InChI=1S/C17H23NO3/c19-16-11-5-4-10-15(16)18-17(20)13-21-12-6-9-14-7-2-1-3-8-14/h1-3,6-9,15-16,19H,4-5,10-13H2,(H,18,20)/b9-6+. The summed E-state index contributed by atoms with van der Waals surface area (Å²) in [6.07, 6.45) is 7.14. The number of ether oxygens (including phenoxy) is 1. The predicted octanol–water partition coefficient (Wildman–Crippen LogP) is 2.14. The zero-order chi connectivity index (χ0) is 14.9. The van der Waals surface area contributed by atoms with Crippen LogP contribution in [0, 0.1) is 0 Å². The number of benzene rings is 1. The molecule has 2 atom stereocenters. The maximum Gasteiger partial charge on any atom is 0.246 e. The highest BCUT2D eigenvalue weighted by atomic mass is 16.5. The van der Waals surface area contributed by atoms with Gasteiger partial charge in [0.25, 0.3) is 0 Å². The number of carbonyl (C=O) groups is 1. The minimum absolute atomic E-state index is 0.0301. The Morgan fingerprint density at radius 2 is 2.05 bits per heavy atom. The lowest BCUT2D eigenvalue weighted by Crippen LogP contribution is -2.46. The van der Waals surface area contributed by atoms with Crippen LogP contribution in [0.3, 0.4) is 0 Å². The number of amides is 1. The molecule has 1 fully saturated rings. The van der Waals surface area contributed by atoms with E-state index in [9.17, 15) is 9.90 Å². The molecule has 0 spiro atoms. The fraction of sp³-hybridized carbons (Fsp3) is 0.471. The van der Waals surface area contributed by atoms with E-state index in [0.29, 0.717) is 6.61 Å². The normalized spacial score (nSPS) is 22.3. The second-order valence-corrected chi connectivity index (χ2v) is 5.35. The zero-order valence-electron chi connectivity index (χ0n) is 12.2. The van der Waals surface area contributed by atoms with Crippen molar-refractivity contribution >= 4 is 12.0 Å². The molecule has 0 heterocycles. The SMILES string of the molecule is O=C(COC/C=C/c1ccccc1)NC1CCCCC1O. The number of hydrogen-bond donors (Lipinski definition) is 2. The van der Waals surface area contributed by atoms with E-state index in [2.05, 4.69) is 5.32 Å². The van der Waals surface area contributed by atoms with Crippen molar-refractivity contribution in [2.75, 3.05) is 13.2 Å². The smallest absolute Gasteiger partial charge is 0.246 e. The Kier molecular flexibility index (Phi) is 6.44. The molecule has 0 bridgehead atoms. The van der Waals surface area contributed by atoms with E-state index in [4.69, 9.17) is 4.74 Å². The molecule has 1 aliphatic rings. The first-order valence-electron chi connectivity index (χ1n) is 7.52. The highest BCUT2D eigenvalue weighted by Crippen LogP contribution is 2.18. The van der Waals surface area contributed by atoms with Crippen molar-refractivity contribution in [3.8, 4) is 0 Å². The summed E-state index contributed by atoms with van der Waals surface area (Å²) in [5.41, 5.74) is 1.11. The van der Waals surface area contributed by atoms with Gasteiger partial charge in [0.15, 0.2) is 0 Å². The van der Waals surface area contributed by atoms with Crippen molar-refractivity contribution in [2.24, 2.45) is 0 Å². The minimum Gasteiger partial charge on any atom is -0.391 e. The summed E-state index contributed by atoms with van der Waals surface area (Å²) in [5, 5.41) is 12.6.